The summed E-state index contributed by atoms with van der Waals surface area (Å²) in [5.74, 6) is -0.138. The maximum atomic E-state index is 13.4. The van der Waals surface area contributed by atoms with Gasteiger partial charge in [-0.3, -0.25) is 14.9 Å². The number of hydrogen-bond donors (Lipinski definition) is 2. The maximum absolute atomic E-state index is 13.4. The monoisotopic (exact) mass is 514 g/mol. The van der Waals surface area contributed by atoms with E-state index in [1.807, 2.05) is 49.2 Å². The van der Waals surface area contributed by atoms with Crippen LogP contribution < -0.4 is 11.1 Å². The van der Waals surface area contributed by atoms with Crippen LogP contribution in [-0.2, 0) is 9.53 Å². The minimum Gasteiger partial charge on any atom is -0.378 e. The number of nitrogens with two attached hydrogens (primary N) is 1. The van der Waals surface area contributed by atoms with Crippen LogP contribution in [0.15, 0.2) is 30.3 Å². The van der Waals surface area contributed by atoms with Gasteiger partial charge in [-0.25, -0.2) is 9.78 Å². The third-order valence-corrected chi connectivity index (χ3v) is 7.79. The number of thiazole rings is 1. The minimum absolute atomic E-state index is 0.0957. The summed E-state index contributed by atoms with van der Waals surface area (Å²) >= 11 is 1.24. The average molecular weight is 515 g/mol. The number of likely N-dealkylation sites (tertiary alicyclic amines) is 1. The molecule has 4 rings (SSSR count). The van der Waals surface area contributed by atoms with Crippen molar-refractivity contribution in [1.82, 2.24) is 19.7 Å². The Balaban J connectivity index is 1.36. The lowest BCUT2D eigenvalue weighted by atomic mass is 10.0. The normalized spacial score (nSPS) is 17.8. The fraction of sp³-hybridized carbons (Fsp3) is 0.520. The van der Waals surface area contributed by atoms with Gasteiger partial charge in [-0.1, -0.05) is 48.6 Å². The van der Waals surface area contributed by atoms with Crippen LogP contribution in [0.2, 0.25) is 0 Å². The molecule has 3 N–H and O–H groups in total. The smallest absolute Gasteiger partial charge is 0.317 e. The zero-order valence-corrected chi connectivity index (χ0v) is 21.6. The van der Waals surface area contributed by atoms with Gasteiger partial charge in [0.05, 0.1) is 13.2 Å². The third-order valence-electron chi connectivity index (χ3n) is 6.77. The number of primary amides is 1. The van der Waals surface area contributed by atoms with Gasteiger partial charge in [0.2, 0.25) is 5.91 Å². The second kappa shape index (κ2) is 11.8. The van der Waals surface area contributed by atoms with E-state index in [1.165, 1.54) is 11.3 Å². The molecule has 0 spiro atoms. The molecule has 0 aliphatic carbocycles. The molecule has 36 heavy (non-hydrogen) atoms. The van der Waals surface area contributed by atoms with Crippen LogP contribution in [-0.4, -0.2) is 96.6 Å². The molecule has 2 fully saturated rings. The van der Waals surface area contributed by atoms with Crippen LogP contribution in [0.4, 0.5) is 9.80 Å². The van der Waals surface area contributed by atoms with Crippen LogP contribution in [0.1, 0.15) is 30.3 Å². The molecule has 1 aromatic carbocycles. The van der Waals surface area contributed by atoms with Crippen molar-refractivity contribution in [2.45, 2.75) is 25.8 Å². The van der Waals surface area contributed by atoms with Gasteiger partial charge in [-0.2, -0.15) is 0 Å². The summed E-state index contributed by atoms with van der Waals surface area (Å²) in [5, 5.41) is 3.58. The summed E-state index contributed by atoms with van der Waals surface area (Å²) in [6.07, 6.45) is 1.60. The molecule has 2 saturated heterocycles. The summed E-state index contributed by atoms with van der Waals surface area (Å²) in [5.41, 5.74) is 6.43. The van der Waals surface area contributed by atoms with Crippen LogP contribution in [0.25, 0.3) is 10.6 Å². The van der Waals surface area contributed by atoms with E-state index in [2.05, 4.69) is 15.2 Å². The number of hydrogen-bond acceptors (Lipinski definition) is 7. The minimum atomic E-state index is -0.728. The molecular weight excluding hydrogens is 480 g/mol. The summed E-state index contributed by atoms with van der Waals surface area (Å²) in [6, 6.07) is 9.08. The first-order valence-electron chi connectivity index (χ1n) is 12.3. The first-order chi connectivity index (χ1) is 17.3. The number of urea groups is 1. The Labute approximate surface area is 215 Å². The molecule has 3 heterocycles. The average Bonchev–Trinajstić information content (AvgIpc) is 3.32. The number of nitrogens with one attached hydrogen (secondary N) is 1. The van der Waals surface area contributed by atoms with Gasteiger partial charge < -0.3 is 25.2 Å². The molecule has 1 atom stereocenters. The molecule has 194 valence electrons. The lowest BCUT2D eigenvalue weighted by molar-refractivity contribution is -0.139. The fourth-order valence-corrected chi connectivity index (χ4v) is 5.75. The van der Waals surface area contributed by atoms with Crippen LogP contribution in [0.3, 0.4) is 0 Å². The molecule has 10 nitrogen and oxygen atoms in total. The van der Waals surface area contributed by atoms with E-state index in [0.717, 1.165) is 18.4 Å². The number of morpholine rings is 1. The van der Waals surface area contributed by atoms with Crippen molar-refractivity contribution in [3.05, 3.63) is 36.0 Å². The molecular formula is C25H34N6O4S. The fourth-order valence-electron chi connectivity index (χ4n) is 4.78. The van der Waals surface area contributed by atoms with Gasteiger partial charge in [0.15, 0.2) is 5.69 Å². The van der Waals surface area contributed by atoms with Gasteiger partial charge in [0, 0.05) is 50.2 Å². The number of amides is 4. The second-order valence-corrected chi connectivity index (χ2v) is 10.4. The Kier molecular flexibility index (Phi) is 8.55. The number of carbonyl (C=O) groups excluding carboxylic acids is 3. The SMILES string of the molecule is CC(CN(C)C1CCN(C(=O)c2nc(-c3ccccc3)sc2NC(N)=O)CC1)C(=O)N1CCOCC1. The zero-order chi connectivity index (χ0) is 25.7. The van der Waals surface area contributed by atoms with E-state index >= 15 is 0 Å². The standard InChI is InChI=1S/C25H34N6O4S/c1-17(23(32)31-12-14-35-15-13-31)16-29(2)19-8-10-30(11-9-19)24(33)20-22(28-25(26)34)36-21(27-20)18-6-4-3-5-7-18/h3-7,17,19H,8-16H2,1-2H3,(H3,26,28,34). The number of anilines is 1. The molecule has 2 aliphatic rings. The number of ether oxygens (including phenoxy) is 1. The van der Waals surface area contributed by atoms with Gasteiger partial charge in [-0.05, 0) is 19.9 Å². The lowest BCUT2D eigenvalue weighted by Gasteiger charge is -2.38. The van der Waals surface area contributed by atoms with E-state index in [0.29, 0.717) is 55.9 Å². The third kappa shape index (κ3) is 6.21. The Morgan fingerprint density at radius 3 is 2.44 bits per heavy atom. The van der Waals surface area contributed by atoms with Crippen molar-refractivity contribution in [2.75, 3.05) is 58.3 Å². The Morgan fingerprint density at radius 1 is 1.14 bits per heavy atom. The molecule has 0 radical (unpaired) electrons. The largest absolute Gasteiger partial charge is 0.378 e. The predicted molar refractivity (Wildman–Crippen MR) is 139 cm³/mol. The molecule has 11 heteroatoms. The predicted octanol–water partition coefficient (Wildman–Crippen LogP) is 2.33. The first kappa shape index (κ1) is 26.1. The molecule has 2 aliphatic heterocycles. The topological polar surface area (TPSA) is 121 Å². The van der Waals surface area contributed by atoms with Crippen molar-refractivity contribution in [2.24, 2.45) is 11.7 Å². The molecule has 0 saturated carbocycles. The number of benzene rings is 1. The van der Waals surface area contributed by atoms with Crippen molar-refractivity contribution in [1.29, 1.82) is 0 Å². The van der Waals surface area contributed by atoms with E-state index in [1.54, 1.807) is 4.90 Å². The van der Waals surface area contributed by atoms with Crippen molar-refractivity contribution in [3.63, 3.8) is 0 Å². The number of carbonyl (C=O) groups is 3. The number of piperidine rings is 1. The quantitative estimate of drug-likeness (QED) is 0.585. The highest BCUT2D eigenvalue weighted by molar-refractivity contribution is 7.19. The van der Waals surface area contributed by atoms with Crippen molar-refractivity contribution in [3.8, 4) is 10.6 Å². The number of nitrogens with zero attached hydrogens (tertiary/aromatic N) is 4. The molecule has 0 bridgehead atoms. The molecule has 2 aromatic rings. The highest BCUT2D eigenvalue weighted by Gasteiger charge is 2.31. The highest BCUT2D eigenvalue weighted by Crippen LogP contribution is 2.33. The molecule has 1 aromatic heterocycles. The lowest BCUT2D eigenvalue weighted by Crippen LogP contribution is -2.49. The van der Waals surface area contributed by atoms with Gasteiger partial charge in [0.1, 0.15) is 10.0 Å². The Bertz CT molecular complexity index is 1060. The van der Waals surface area contributed by atoms with Gasteiger partial charge in [-0.15, -0.1) is 0 Å². The molecule has 4 amide bonds. The number of aromatic nitrogens is 1. The van der Waals surface area contributed by atoms with E-state index in [9.17, 15) is 14.4 Å². The zero-order valence-electron chi connectivity index (χ0n) is 20.8. The van der Waals surface area contributed by atoms with E-state index in [4.69, 9.17) is 10.5 Å². The van der Waals surface area contributed by atoms with Crippen molar-refractivity contribution >= 4 is 34.2 Å². The van der Waals surface area contributed by atoms with Gasteiger partial charge >= 0.3 is 6.03 Å². The summed E-state index contributed by atoms with van der Waals surface area (Å²) in [4.78, 5) is 48.2. The van der Waals surface area contributed by atoms with Crippen molar-refractivity contribution < 1.29 is 19.1 Å². The van der Waals surface area contributed by atoms with Crippen LogP contribution >= 0.6 is 11.3 Å². The number of rotatable bonds is 7. The van der Waals surface area contributed by atoms with Crippen LogP contribution in [0.5, 0.6) is 0 Å². The second-order valence-electron chi connectivity index (χ2n) is 9.35. The van der Waals surface area contributed by atoms with Gasteiger partial charge in [0.25, 0.3) is 5.91 Å². The maximum Gasteiger partial charge on any atom is 0.317 e. The highest BCUT2D eigenvalue weighted by atomic mass is 32.1. The van der Waals surface area contributed by atoms with E-state index in [-0.39, 0.29) is 29.5 Å². The van der Waals surface area contributed by atoms with Crippen LogP contribution in [0, 0.1) is 5.92 Å². The summed E-state index contributed by atoms with van der Waals surface area (Å²) in [6.45, 7) is 6.32. The Hall–Kier alpha value is -3.02. The first-order valence-corrected chi connectivity index (χ1v) is 13.1. The summed E-state index contributed by atoms with van der Waals surface area (Å²) in [7, 11) is 2.05. The Morgan fingerprint density at radius 2 is 1.81 bits per heavy atom. The summed E-state index contributed by atoms with van der Waals surface area (Å²) < 4.78 is 5.35. The van der Waals surface area contributed by atoms with E-state index < -0.39 is 6.03 Å². The molecule has 1 unspecified atom stereocenters.